The number of benzene rings is 1. The molecule has 1 heterocycles. The van der Waals surface area contributed by atoms with Crippen LogP contribution in [0.5, 0.6) is 0 Å². The Morgan fingerprint density at radius 2 is 1.81 bits per heavy atom. The standard InChI is InChI=1S/C16H19F2N3/c1-21(11-12-5-7-20-8-6-12)15(10-19)13-3-2-4-14(9-13)16(17)18/h2-9,15-16H,10-11,19H2,1H3. The number of halogens is 2. The number of nitrogens with zero attached hydrogens (tertiary/aromatic N) is 2. The van der Waals surface area contributed by atoms with Gasteiger partial charge in [0.25, 0.3) is 6.43 Å². The van der Waals surface area contributed by atoms with Crippen LogP contribution in [-0.4, -0.2) is 23.5 Å². The SMILES string of the molecule is CN(Cc1ccncc1)C(CN)c1cccc(C(F)F)c1. The molecule has 1 aromatic carbocycles. The van der Waals surface area contributed by atoms with Crippen molar-refractivity contribution in [3.05, 3.63) is 65.5 Å². The second kappa shape index (κ2) is 7.24. The van der Waals surface area contributed by atoms with E-state index in [9.17, 15) is 8.78 Å². The van der Waals surface area contributed by atoms with Crippen molar-refractivity contribution in [3.63, 3.8) is 0 Å². The van der Waals surface area contributed by atoms with E-state index < -0.39 is 6.43 Å². The predicted molar refractivity (Wildman–Crippen MR) is 78.9 cm³/mol. The summed E-state index contributed by atoms with van der Waals surface area (Å²) in [5.74, 6) is 0. The Hall–Kier alpha value is -1.85. The fourth-order valence-electron chi connectivity index (χ4n) is 2.36. The second-order valence-electron chi connectivity index (χ2n) is 4.99. The van der Waals surface area contributed by atoms with Crippen LogP contribution in [0.1, 0.15) is 29.2 Å². The molecule has 0 bridgehead atoms. The number of rotatable bonds is 6. The molecule has 0 radical (unpaired) electrons. The molecule has 0 saturated carbocycles. The van der Waals surface area contributed by atoms with Gasteiger partial charge in [-0.25, -0.2) is 8.78 Å². The van der Waals surface area contributed by atoms with E-state index in [1.165, 1.54) is 12.1 Å². The molecule has 1 aromatic heterocycles. The van der Waals surface area contributed by atoms with Crippen molar-refractivity contribution in [2.45, 2.75) is 19.0 Å². The van der Waals surface area contributed by atoms with Gasteiger partial charge in [0, 0.05) is 37.1 Å². The highest BCUT2D eigenvalue weighted by Gasteiger charge is 2.17. The highest BCUT2D eigenvalue weighted by Crippen LogP contribution is 2.25. The molecule has 5 heteroatoms. The van der Waals surface area contributed by atoms with Gasteiger partial charge in [0.05, 0.1) is 0 Å². The van der Waals surface area contributed by atoms with Crippen LogP contribution < -0.4 is 5.73 Å². The lowest BCUT2D eigenvalue weighted by atomic mass is 10.0. The summed E-state index contributed by atoms with van der Waals surface area (Å²) in [6.45, 7) is 1.05. The van der Waals surface area contributed by atoms with E-state index in [0.29, 0.717) is 13.1 Å². The van der Waals surface area contributed by atoms with E-state index in [4.69, 9.17) is 5.73 Å². The molecule has 0 spiro atoms. The molecule has 1 unspecified atom stereocenters. The van der Waals surface area contributed by atoms with Crippen molar-refractivity contribution in [1.82, 2.24) is 9.88 Å². The lowest BCUT2D eigenvalue weighted by Crippen LogP contribution is -2.30. The van der Waals surface area contributed by atoms with Crippen LogP contribution in [0.3, 0.4) is 0 Å². The Labute approximate surface area is 123 Å². The van der Waals surface area contributed by atoms with E-state index in [-0.39, 0.29) is 11.6 Å². The highest BCUT2D eigenvalue weighted by molar-refractivity contribution is 5.27. The number of likely N-dealkylation sites (N-methyl/N-ethyl adjacent to an activating group) is 1. The molecular weight excluding hydrogens is 272 g/mol. The second-order valence-corrected chi connectivity index (χ2v) is 4.99. The predicted octanol–water partition coefficient (Wildman–Crippen LogP) is 3.15. The number of aromatic nitrogens is 1. The summed E-state index contributed by atoms with van der Waals surface area (Å²) < 4.78 is 25.6. The summed E-state index contributed by atoms with van der Waals surface area (Å²) in [4.78, 5) is 6.04. The van der Waals surface area contributed by atoms with Crippen LogP contribution in [0.25, 0.3) is 0 Å². The molecule has 2 rings (SSSR count). The van der Waals surface area contributed by atoms with E-state index >= 15 is 0 Å². The van der Waals surface area contributed by atoms with Gasteiger partial charge in [0.1, 0.15) is 0 Å². The first-order valence-corrected chi connectivity index (χ1v) is 6.79. The zero-order valence-electron chi connectivity index (χ0n) is 11.9. The van der Waals surface area contributed by atoms with Gasteiger partial charge in [-0.1, -0.05) is 18.2 Å². The summed E-state index contributed by atoms with van der Waals surface area (Å²) in [5, 5.41) is 0. The van der Waals surface area contributed by atoms with Gasteiger partial charge in [0.15, 0.2) is 0 Å². The van der Waals surface area contributed by atoms with Crippen LogP contribution in [-0.2, 0) is 6.54 Å². The summed E-state index contributed by atoms with van der Waals surface area (Å²) in [6.07, 6.45) is 1.00. The Kier molecular flexibility index (Phi) is 5.36. The third kappa shape index (κ3) is 4.06. The Balaban J connectivity index is 2.17. The quantitative estimate of drug-likeness (QED) is 0.889. The maximum absolute atomic E-state index is 12.8. The average molecular weight is 291 g/mol. The maximum atomic E-state index is 12.8. The summed E-state index contributed by atoms with van der Waals surface area (Å²) >= 11 is 0. The lowest BCUT2D eigenvalue weighted by Gasteiger charge is -2.27. The first-order valence-electron chi connectivity index (χ1n) is 6.79. The van der Waals surface area contributed by atoms with E-state index in [1.54, 1.807) is 18.5 Å². The average Bonchev–Trinajstić information content (AvgIpc) is 2.49. The Morgan fingerprint density at radius 1 is 1.14 bits per heavy atom. The fourth-order valence-corrected chi connectivity index (χ4v) is 2.36. The van der Waals surface area contributed by atoms with Crippen molar-refractivity contribution < 1.29 is 8.78 Å². The van der Waals surface area contributed by atoms with E-state index in [1.807, 2.05) is 25.2 Å². The molecule has 21 heavy (non-hydrogen) atoms. The van der Waals surface area contributed by atoms with Gasteiger partial charge >= 0.3 is 0 Å². The zero-order valence-corrected chi connectivity index (χ0v) is 11.9. The number of hydrogen-bond acceptors (Lipinski definition) is 3. The zero-order chi connectivity index (χ0) is 15.2. The molecule has 0 aliphatic heterocycles. The van der Waals surface area contributed by atoms with E-state index in [2.05, 4.69) is 9.88 Å². The molecule has 1 atom stereocenters. The van der Waals surface area contributed by atoms with Crippen molar-refractivity contribution in [2.75, 3.05) is 13.6 Å². The van der Waals surface area contributed by atoms with Crippen molar-refractivity contribution >= 4 is 0 Å². The Morgan fingerprint density at radius 3 is 2.43 bits per heavy atom. The number of alkyl halides is 2. The summed E-state index contributed by atoms with van der Waals surface area (Å²) in [7, 11) is 1.94. The first-order chi connectivity index (χ1) is 10.1. The third-order valence-electron chi connectivity index (χ3n) is 3.48. The maximum Gasteiger partial charge on any atom is 0.263 e. The van der Waals surface area contributed by atoms with Crippen LogP contribution in [0.2, 0.25) is 0 Å². The number of nitrogens with two attached hydrogens (primary N) is 1. The molecule has 3 nitrogen and oxygen atoms in total. The van der Waals surface area contributed by atoms with Crippen molar-refractivity contribution in [1.29, 1.82) is 0 Å². The third-order valence-corrected chi connectivity index (χ3v) is 3.48. The van der Waals surface area contributed by atoms with E-state index in [0.717, 1.165) is 11.1 Å². The van der Waals surface area contributed by atoms with Crippen molar-refractivity contribution in [2.24, 2.45) is 5.73 Å². The Bertz CT molecular complexity index is 560. The molecule has 0 saturated heterocycles. The first kappa shape index (κ1) is 15.5. The molecule has 0 aliphatic rings. The van der Waals surface area contributed by atoms with Crippen LogP contribution >= 0.6 is 0 Å². The smallest absolute Gasteiger partial charge is 0.263 e. The van der Waals surface area contributed by atoms with Crippen LogP contribution in [0, 0.1) is 0 Å². The minimum Gasteiger partial charge on any atom is -0.329 e. The number of hydrogen-bond donors (Lipinski definition) is 1. The minimum absolute atomic E-state index is 0.0308. The topological polar surface area (TPSA) is 42.2 Å². The summed E-state index contributed by atoms with van der Waals surface area (Å²) in [6, 6.07) is 10.2. The van der Waals surface area contributed by atoms with Gasteiger partial charge in [-0.05, 0) is 36.4 Å². The van der Waals surface area contributed by atoms with Gasteiger partial charge in [-0.15, -0.1) is 0 Å². The van der Waals surface area contributed by atoms with Gasteiger partial charge < -0.3 is 5.73 Å². The van der Waals surface area contributed by atoms with Crippen LogP contribution in [0.4, 0.5) is 8.78 Å². The minimum atomic E-state index is -2.46. The molecule has 0 aliphatic carbocycles. The van der Waals surface area contributed by atoms with Crippen molar-refractivity contribution in [3.8, 4) is 0 Å². The summed E-state index contributed by atoms with van der Waals surface area (Å²) in [5.41, 5.74) is 7.79. The molecule has 0 fully saturated rings. The fraction of sp³-hybridized carbons (Fsp3) is 0.312. The highest BCUT2D eigenvalue weighted by atomic mass is 19.3. The van der Waals surface area contributed by atoms with Crippen LogP contribution in [0.15, 0.2) is 48.8 Å². The number of pyridine rings is 1. The molecule has 0 amide bonds. The molecule has 112 valence electrons. The van der Waals surface area contributed by atoms with Gasteiger partial charge in [-0.3, -0.25) is 9.88 Å². The van der Waals surface area contributed by atoms with Gasteiger partial charge in [-0.2, -0.15) is 0 Å². The molecular formula is C16H19F2N3. The normalized spacial score (nSPS) is 12.9. The van der Waals surface area contributed by atoms with Gasteiger partial charge in [0.2, 0.25) is 0 Å². The molecule has 2 N–H and O–H groups in total. The molecule has 2 aromatic rings. The monoisotopic (exact) mass is 291 g/mol. The lowest BCUT2D eigenvalue weighted by molar-refractivity contribution is 0.151. The largest absolute Gasteiger partial charge is 0.329 e.